The largest absolute Gasteiger partial charge is 0.359 e. The molecule has 0 unspecified atom stereocenters. The van der Waals surface area contributed by atoms with Crippen LogP contribution in [0.3, 0.4) is 0 Å². The average Bonchev–Trinajstić information content (AvgIpc) is 3.09. The van der Waals surface area contributed by atoms with Crippen LogP contribution in [-0.2, 0) is 11.2 Å². The van der Waals surface area contributed by atoms with E-state index in [1.165, 1.54) is 16.6 Å². The molecule has 1 amide bonds. The topological polar surface area (TPSA) is 72.5 Å². The molecule has 1 aromatic carbocycles. The molecule has 0 aliphatic carbocycles. The van der Waals surface area contributed by atoms with Gasteiger partial charge in [-0.3, -0.25) is 9.79 Å². The summed E-state index contributed by atoms with van der Waals surface area (Å²) in [7, 11) is 3.54. The number of aliphatic imine (C=N–C) groups is 1. The fraction of sp³-hybridized carbons (Fsp3) is 0.500. The molecule has 6 nitrogen and oxygen atoms in total. The monoisotopic (exact) mass is 355 g/mol. The molecule has 26 heavy (non-hydrogen) atoms. The van der Waals surface area contributed by atoms with Gasteiger partial charge in [-0.25, -0.2) is 0 Å². The van der Waals surface area contributed by atoms with Gasteiger partial charge >= 0.3 is 0 Å². The number of hydrogen-bond donors (Lipinski definition) is 3. The van der Waals surface area contributed by atoms with E-state index < -0.39 is 0 Å². The van der Waals surface area contributed by atoms with Crippen LogP contribution in [0.5, 0.6) is 0 Å². The van der Waals surface area contributed by atoms with Crippen molar-refractivity contribution in [3.8, 4) is 0 Å². The summed E-state index contributed by atoms with van der Waals surface area (Å²) in [4.78, 5) is 21.7. The van der Waals surface area contributed by atoms with Gasteiger partial charge in [-0.1, -0.05) is 18.2 Å². The van der Waals surface area contributed by atoms with Crippen LogP contribution in [0.4, 0.5) is 0 Å². The van der Waals surface area contributed by atoms with Crippen molar-refractivity contribution < 1.29 is 4.79 Å². The smallest absolute Gasteiger partial charge is 0.220 e. The highest BCUT2D eigenvalue weighted by Crippen LogP contribution is 2.20. The fourth-order valence-corrected chi connectivity index (χ4v) is 3.62. The molecule has 1 aliphatic heterocycles. The molecule has 3 rings (SSSR count). The first-order valence-corrected chi connectivity index (χ1v) is 9.42. The first-order valence-electron chi connectivity index (χ1n) is 9.42. The number of benzene rings is 1. The van der Waals surface area contributed by atoms with Crippen molar-refractivity contribution in [2.75, 3.05) is 33.7 Å². The number of nitrogens with zero attached hydrogens (tertiary/aromatic N) is 2. The zero-order chi connectivity index (χ0) is 18.4. The second kappa shape index (κ2) is 8.74. The number of rotatable bonds is 5. The molecule has 1 aromatic heterocycles. The van der Waals surface area contributed by atoms with Crippen molar-refractivity contribution in [2.24, 2.45) is 10.9 Å². The van der Waals surface area contributed by atoms with Gasteiger partial charge in [-0.2, -0.15) is 0 Å². The van der Waals surface area contributed by atoms with Crippen molar-refractivity contribution in [3.05, 3.63) is 36.0 Å². The normalized spacial score (nSPS) is 16.1. The summed E-state index contributed by atoms with van der Waals surface area (Å²) in [6.07, 6.45) is 3.64. The standard InChI is InChI=1S/C20H29N5O/c1-21-19(26)13-15-8-11-25(12-9-15)20(22-2)23-10-7-17-14-16-5-3-4-6-18(16)24-17/h3-6,14-15,24H,7-13H2,1-2H3,(H,21,26)(H,22,23). The average molecular weight is 355 g/mol. The van der Waals surface area contributed by atoms with Crippen LogP contribution in [0.25, 0.3) is 10.9 Å². The van der Waals surface area contributed by atoms with Gasteiger partial charge in [-0.05, 0) is 36.3 Å². The van der Waals surface area contributed by atoms with E-state index in [1.54, 1.807) is 7.05 Å². The molecule has 1 aliphatic rings. The fourth-order valence-electron chi connectivity index (χ4n) is 3.62. The summed E-state index contributed by atoms with van der Waals surface area (Å²) in [5, 5.41) is 7.45. The minimum Gasteiger partial charge on any atom is -0.359 e. The van der Waals surface area contributed by atoms with Crippen LogP contribution in [-0.4, -0.2) is 55.5 Å². The number of para-hydroxylation sites is 1. The highest BCUT2D eigenvalue weighted by atomic mass is 16.1. The summed E-state index contributed by atoms with van der Waals surface area (Å²) >= 11 is 0. The predicted octanol–water partition coefficient (Wildman–Crippen LogP) is 2.13. The Labute approximate surface area is 155 Å². The molecular formula is C20H29N5O. The van der Waals surface area contributed by atoms with E-state index in [0.717, 1.165) is 44.9 Å². The number of hydrogen-bond acceptors (Lipinski definition) is 2. The van der Waals surface area contributed by atoms with Crippen molar-refractivity contribution in [1.82, 2.24) is 20.5 Å². The Hall–Kier alpha value is -2.50. The summed E-state index contributed by atoms with van der Waals surface area (Å²) in [6, 6.07) is 10.6. The third kappa shape index (κ3) is 4.56. The van der Waals surface area contributed by atoms with Gasteiger partial charge in [-0.15, -0.1) is 0 Å². The van der Waals surface area contributed by atoms with Crippen LogP contribution in [0.15, 0.2) is 35.3 Å². The Balaban J connectivity index is 1.45. The molecule has 3 N–H and O–H groups in total. The Bertz CT molecular complexity index is 725. The van der Waals surface area contributed by atoms with Crippen molar-refractivity contribution in [1.29, 1.82) is 0 Å². The lowest BCUT2D eigenvalue weighted by Crippen LogP contribution is -2.46. The van der Waals surface area contributed by atoms with E-state index in [4.69, 9.17) is 0 Å². The van der Waals surface area contributed by atoms with Crippen molar-refractivity contribution in [3.63, 3.8) is 0 Å². The minimum atomic E-state index is 0.143. The number of carbonyl (C=O) groups excluding carboxylic acids is 1. The molecule has 0 radical (unpaired) electrons. The number of fused-ring (bicyclic) bond motifs is 1. The lowest BCUT2D eigenvalue weighted by molar-refractivity contribution is -0.121. The van der Waals surface area contributed by atoms with E-state index in [-0.39, 0.29) is 5.91 Å². The number of carbonyl (C=O) groups is 1. The second-order valence-electron chi connectivity index (χ2n) is 6.91. The molecule has 1 saturated heterocycles. The van der Waals surface area contributed by atoms with Gasteiger partial charge in [0.05, 0.1) is 0 Å². The van der Waals surface area contributed by atoms with Gasteiger partial charge in [0.1, 0.15) is 0 Å². The summed E-state index contributed by atoms with van der Waals surface area (Å²) in [5.74, 6) is 1.58. The van der Waals surface area contributed by atoms with Gasteiger partial charge < -0.3 is 20.5 Å². The molecule has 140 valence electrons. The number of H-pyrrole nitrogens is 1. The lowest BCUT2D eigenvalue weighted by atomic mass is 9.93. The predicted molar refractivity (Wildman–Crippen MR) is 106 cm³/mol. The maximum atomic E-state index is 11.5. The van der Waals surface area contributed by atoms with Crippen LogP contribution in [0.2, 0.25) is 0 Å². The molecule has 0 atom stereocenters. The number of aromatic nitrogens is 1. The van der Waals surface area contributed by atoms with E-state index >= 15 is 0 Å². The number of likely N-dealkylation sites (tertiary alicyclic amines) is 1. The second-order valence-corrected chi connectivity index (χ2v) is 6.91. The van der Waals surface area contributed by atoms with E-state index in [2.05, 4.69) is 55.8 Å². The van der Waals surface area contributed by atoms with Gasteiger partial charge in [0, 0.05) is 57.8 Å². The lowest BCUT2D eigenvalue weighted by Gasteiger charge is -2.34. The number of nitrogens with one attached hydrogen (secondary N) is 3. The summed E-state index contributed by atoms with van der Waals surface area (Å²) in [5.41, 5.74) is 2.42. The SMILES string of the molecule is CN=C(NCCc1cc2ccccc2[nH]1)N1CCC(CC(=O)NC)CC1. The van der Waals surface area contributed by atoms with E-state index in [1.807, 2.05) is 7.05 Å². The maximum Gasteiger partial charge on any atom is 0.220 e. The Kier molecular flexibility index (Phi) is 6.15. The van der Waals surface area contributed by atoms with Crippen LogP contribution >= 0.6 is 0 Å². The Morgan fingerprint density at radius 3 is 2.77 bits per heavy atom. The number of amides is 1. The Morgan fingerprint density at radius 2 is 2.08 bits per heavy atom. The van der Waals surface area contributed by atoms with Crippen LogP contribution < -0.4 is 10.6 Å². The first kappa shape index (κ1) is 18.3. The quantitative estimate of drug-likeness (QED) is 0.568. The van der Waals surface area contributed by atoms with Crippen LogP contribution in [0, 0.1) is 5.92 Å². The molecule has 0 bridgehead atoms. The van der Waals surface area contributed by atoms with Gasteiger partial charge in [0.15, 0.2) is 5.96 Å². The first-order chi connectivity index (χ1) is 12.7. The molecular weight excluding hydrogens is 326 g/mol. The van der Waals surface area contributed by atoms with E-state index in [0.29, 0.717) is 12.3 Å². The molecule has 2 aromatic rings. The minimum absolute atomic E-state index is 0.143. The molecule has 1 fully saturated rings. The Morgan fingerprint density at radius 1 is 1.31 bits per heavy atom. The molecule has 0 saturated carbocycles. The summed E-state index contributed by atoms with van der Waals surface area (Å²) < 4.78 is 0. The number of aromatic amines is 1. The van der Waals surface area contributed by atoms with Crippen molar-refractivity contribution in [2.45, 2.75) is 25.7 Å². The summed E-state index contributed by atoms with van der Waals surface area (Å²) in [6.45, 7) is 2.75. The number of guanidine groups is 1. The third-order valence-electron chi connectivity index (χ3n) is 5.14. The third-order valence-corrected chi connectivity index (χ3v) is 5.14. The zero-order valence-corrected chi connectivity index (χ0v) is 15.7. The van der Waals surface area contributed by atoms with Crippen LogP contribution in [0.1, 0.15) is 25.0 Å². The molecule has 2 heterocycles. The van der Waals surface area contributed by atoms with Crippen molar-refractivity contribution >= 4 is 22.8 Å². The molecule has 6 heteroatoms. The zero-order valence-electron chi connectivity index (χ0n) is 15.7. The highest BCUT2D eigenvalue weighted by molar-refractivity contribution is 5.81. The van der Waals surface area contributed by atoms with E-state index in [9.17, 15) is 4.79 Å². The highest BCUT2D eigenvalue weighted by Gasteiger charge is 2.22. The van der Waals surface area contributed by atoms with Gasteiger partial charge in [0.2, 0.25) is 5.91 Å². The molecule has 0 spiro atoms. The maximum absolute atomic E-state index is 11.5. The van der Waals surface area contributed by atoms with Gasteiger partial charge in [0.25, 0.3) is 0 Å². The number of piperidine rings is 1.